The van der Waals surface area contributed by atoms with Crippen molar-refractivity contribution < 1.29 is 27.4 Å². The summed E-state index contributed by atoms with van der Waals surface area (Å²) in [5.41, 5.74) is 0.999. The average molecular weight is 485 g/mol. The number of methoxy groups -OCH3 is 1. The quantitative estimate of drug-likeness (QED) is 0.653. The molecule has 1 amide bonds. The zero-order valence-electron chi connectivity index (χ0n) is 16.1. The van der Waals surface area contributed by atoms with E-state index >= 15 is 0 Å². The molecule has 2 aromatic carbocycles. The monoisotopic (exact) mass is 484 g/mol. The summed E-state index contributed by atoms with van der Waals surface area (Å²) in [4.78, 5) is 12.6. The van der Waals surface area contributed by atoms with Crippen molar-refractivity contribution in [3.63, 3.8) is 0 Å². The number of carbonyl (C=O) groups excluding carboxylic acids is 1. The van der Waals surface area contributed by atoms with Gasteiger partial charge in [0.05, 0.1) is 13.2 Å². The highest BCUT2D eigenvalue weighted by Crippen LogP contribution is 2.38. The molecule has 0 aromatic heterocycles. The van der Waals surface area contributed by atoms with Crippen LogP contribution in [0.4, 0.5) is 0 Å². The van der Waals surface area contributed by atoms with Gasteiger partial charge in [-0.1, -0.05) is 15.9 Å². The normalized spacial score (nSPS) is 14.2. The Balaban J connectivity index is 1.86. The van der Waals surface area contributed by atoms with E-state index in [-0.39, 0.29) is 22.3 Å². The van der Waals surface area contributed by atoms with Crippen LogP contribution in [0.1, 0.15) is 28.9 Å². The van der Waals surface area contributed by atoms with Crippen molar-refractivity contribution in [3.05, 3.63) is 45.9 Å². The van der Waals surface area contributed by atoms with Crippen LogP contribution in [0.15, 0.2) is 39.7 Å². The minimum Gasteiger partial charge on any atom is -0.495 e. The SMILES string of the molecule is CNS(=O)(=O)c1cc(C(=O)NC(C)c2cc3c(cc2Br)OCCO3)ccc1OC. The van der Waals surface area contributed by atoms with Crippen LogP contribution in [0.3, 0.4) is 0 Å². The Labute approximate surface area is 177 Å². The standard InChI is InChI=1S/C19H21BrN2O6S/c1-11(13-9-16-17(10-14(13)20)28-7-6-27-16)22-19(23)12-4-5-15(26-3)18(8-12)29(24,25)21-2/h4-5,8-11,21H,6-7H2,1-3H3,(H,22,23). The number of hydrogen-bond acceptors (Lipinski definition) is 6. The first-order chi connectivity index (χ1) is 13.8. The van der Waals surface area contributed by atoms with Crippen LogP contribution in [0, 0.1) is 0 Å². The molecule has 8 nitrogen and oxygen atoms in total. The fraction of sp³-hybridized carbons (Fsp3) is 0.316. The molecule has 0 bridgehead atoms. The largest absolute Gasteiger partial charge is 0.495 e. The van der Waals surface area contributed by atoms with Crippen molar-refractivity contribution in [2.75, 3.05) is 27.4 Å². The summed E-state index contributed by atoms with van der Waals surface area (Å²) in [5.74, 6) is 0.984. The second-order valence-corrected chi connectivity index (χ2v) is 9.00. The van der Waals surface area contributed by atoms with Gasteiger partial charge in [-0.3, -0.25) is 4.79 Å². The summed E-state index contributed by atoms with van der Waals surface area (Å²) in [7, 11) is -1.13. The third-order valence-corrected chi connectivity index (χ3v) is 6.58. The number of fused-ring (bicyclic) bond motifs is 1. The van der Waals surface area contributed by atoms with Gasteiger partial charge < -0.3 is 19.5 Å². The number of carbonyl (C=O) groups is 1. The predicted molar refractivity (Wildman–Crippen MR) is 110 cm³/mol. The van der Waals surface area contributed by atoms with Crippen LogP contribution in [0.5, 0.6) is 17.2 Å². The number of hydrogen-bond donors (Lipinski definition) is 2. The van der Waals surface area contributed by atoms with E-state index in [4.69, 9.17) is 14.2 Å². The Kier molecular flexibility index (Phi) is 6.35. The lowest BCUT2D eigenvalue weighted by molar-refractivity contribution is 0.0939. The van der Waals surface area contributed by atoms with Crippen molar-refractivity contribution in [3.8, 4) is 17.2 Å². The van der Waals surface area contributed by atoms with E-state index in [1.807, 2.05) is 13.0 Å². The maximum absolute atomic E-state index is 12.8. The smallest absolute Gasteiger partial charge is 0.251 e. The van der Waals surface area contributed by atoms with Crippen molar-refractivity contribution >= 4 is 31.9 Å². The first kappa shape index (κ1) is 21.4. The molecule has 156 valence electrons. The minimum absolute atomic E-state index is 0.108. The fourth-order valence-corrected chi connectivity index (χ4v) is 4.49. The Bertz CT molecular complexity index is 1040. The van der Waals surface area contributed by atoms with Gasteiger partial charge in [0, 0.05) is 10.0 Å². The van der Waals surface area contributed by atoms with Gasteiger partial charge in [0.2, 0.25) is 10.0 Å². The molecule has 10 heteroatoms. The molecule has 1 heterocycles. The van der Waals surface area contributed by atoms with Crippen LogP contribution in [0.2, 0.25) is 0 Å². The molecule has 2 N–H and O–H groups in total. The van der Waals surface area contributed by atoms with Gasteiger partial charge >= 0.3 is 0 Å². The first-order valence-electron chi connectivity index (χ1n) is 8.78. The summed E-state index contributed by atoms with van der Waals surface area (Å²) in [5, 5.41) is 2.87. The molecular weight excluding hydrogens is 464 g/mol. The zero-order valence-corrected chi connectivity index (χ0v) is 18.5. The highest BCUT2D eigenvalue weighted by molar-refractivity contribution is 9.10. The summed E-state index contributed by atoms with van der Waals surface area (Å²) in [6.45, 7) is 2.77. The van der Waals surface area contributed by atoms with Crippen LogP contribution in [0.25, 0.3) is 0 Å². The van der Waals surface area contributed by atoms with Gasteiger partial charge in [0.15, 0.2) is 11.5 Å². The fourth-order valence-electron chi connectivity index (χ4n) is 2.91. The van der Waals surface area contributed by atoms with Gasteiger partial charge in [-0.15, -0.1) is 0 Å². The lowest BCUT2D eigenvalue weighted by Crippen LogP contribution is -2.28. The molecule has 0 saturated carbocycles. The molecule has 0 radical (unpaired) electrons. The third-order valence-electron chi connectivity index (χ3n) is 4.46. The average Bonchev–Trinajstić information content (AvgIpc) is 2.72. The Hall–Kier alpha value is -2.30. The van der Waals surface area contributed by atoms with Crippen molar-refractivity contribution in [2.24, 2.45) is 0 Å². The number of ether oxygens (including phenoxy) is 3. The molecular formula is C19H21BrN2O6S. The second kappa shape index (κ2) is 8.60. The molecule has 1 atom stereocenters. The molecule has 0 saturated heterocycles. The highest BCUT2D eigenvalue weighted by atomic mass is 79.9. The Morgan fingerprint density at radius 3 is 2.45 bits per heavy atom. The summed E-state index contributed by atoms with van der Waals surface area (Å²) < 4.78 is 43.7. The van der Waals surface area contributed by atoms with Crippen LogP contribution in [-0.4, -0.2) is 41.7 Å². The molecule has 1 aliphatic heterocycles. The van der Waals surface area contributed by atoms with E-state index in [0.717, 1.165) is 10.0 Å². The number of nitrogens with one attached hydrogen (secondary N) is 2. The Morgan fingerprint density at radius 2 is 1.83 bits per heavy atom. The molecule has 3 rings (SSSR count). The summed E-state index contributed by atoms with van der Waals surface area (Å²) >= 11 is 3.50. The minimum atomic E-state index is -3.79. The van der Waals surface area contributed by atoms with E-state index in [1.54, 1.807) is 6.07 Å². The summed E-state index contributed by atoms with van der Waals surface area (Å²) in [6.07, 6.45) is 0. The van der Waals surface area contributed by atoms with E-state index in [9.17, 15) is 13.2 Å². The lowest BCUT2D eigenvalue weighted by atomic mass is 10.1. The molecule has 2 aromatic rings. The van der Waals surface area contributed by atoms with Gasteiger partial charge in [-0.05, 0) is 49.9 Å². The molecule has 0 aliphatic carbocycles. The van der Waals surface area contributed by atoms with E-state index in [0.29, 0.717) is 24.7 Å². The number of rotatable bonds is 6. The number of halogens is 1. The van der Waals surface area contributed by atoms with Gasteiger partial charge in [-0.25, -0.2) is 13.1 Å². The number of sulfonamides is 1. The van der Waals surface area contributed by atoms with E-state index < -0.39 is 15.9 Å². The summed E-state index contributed by atoms with van der Waals surface area (Å²) in [6, 6.07) is 7.48. The van der Waals surface area contributed by atoms with Crippen LogP contribution < -0.4 is 24.2 Å². The van der Waals surface area contributed by atoms with Gasteiger partial charge in [0.1, 0.15) is 23.9 Å². The maximum Gasteiger partial charge on any atom is 0.251 e. The maximum atomic E-state index is 12.8. The predicted octanol–water partition coefficient (Wildman–Crippen LogP) is 2.63. The van der Waals surface area contributed by atoms with E-state index in [1.165, 1.54) is 32.4 Å². The highest BCUT2D eigenvalue weighted by Gasteiger charge is 2.23. The van der Waals surface area contributed by atoms with E-state index in [2.05, 4.69) is 26.0 Å². The number of amides is 1. The third kappa shape index (κ3) is 4.49. The van der Waals surface area contributed by atoms with Crippen molar-refractivity contribution in [1.82, 2.24) is 10.0 Å². The van der Waals surface area contributed by atoms with Crippen molar-refractivity contribution in [2.45, 2.75) is 17.9 Å². The molecule has 29 heavy (non-hydrogen) atoms. The molecule has 1 unspecified atom stereocenters. The lowest BCUT2D eigenvalue weighted by Gasteiger charge is -2.22. The van der Waals surface area contributed by atoms with Crippen molar-refractivity contribution in [1.29, 1.82) is 0 Å². The Morgan fingerprint density at radius 1 is 1.17 bits per heavy atom. The first-order valence-corrected chi connectivity index (χ1v) is 11.1. The molecule has 1 aliphatic rings. The number of benzene rings is 2. The molecule has 0 fully saturated rings. The zero-order chi connectivity index (χ0) is 21.2. The second-order valence-electron chi connectivity index (χ2n) is 6.29. The molecule has 0 spiro atoms. The van der Waals surface area contributed by atoms with Crippen LogP contribution >= 0.6 is 15.9 Å². The van der Waals surface area contributed by atoms with Gasteiger partial charge in [-0.2, -0.15) is 0 Å². The van der Waals surface area contributed by atoms with Crippen LogP contribution in [-0.2, 0) is 10.0 Å². The van der Waals surface area contributed by atoms with Gasteiger partial charge in [0.25, 0.3) is 5.91 Å². The topological polar surface area (TPSA) is 103 Å².